The number of carboxylic acid groups (broad SMARTS) is 1. The van der Waals surface area contributed by atoms with Crippen LogP contribution in [0.5, 0.6) is 0 Å². The minimum absolute atomic E-state index is 0.0542. The summed E-state index contributed by atoms with van der Waals surface area (Å²) in [5, 5.41) is 31.5. The highest BCUT2D eigenvalue weighted by Crippen LogP contribution is 2.26. The number of carbonyl (C=O) groups excluding carboxylic acids is 3. The SMILES string of the molecule is CC/C=C\C/C=C\C/C=C\C/C=C\C/C=C\CCCC(=O)OCC(COC1OC(C(=O)O)C(O)C(O)C1OC(=O)CCCCCCCCCCCCCCC)OC(=O)CCCCCCCCC/C=C\C/C=C\CCCCC. The van der Waals surface area contributed by atoms with E-state index in [2.05, 4.69) is 99.8 Å². The number of hydrogen-bond acceptors (Lipinski definition) is 11. The molecule has 1 rings (SSSR count). The Hall–Kier alpha value is -4.10. The fourth-order valence-corrected chi connectivity index (χ4v) is 8.79. The summed E-state index contributed by atoms with van der Waals surface area (Å²) >= 11 is 0. The van der Waals surface area contributed by atoms with Crippen LogP contribution in [0.4, 0.5) is 0 Å². The number of allylic oxidation sites excluding steroid dienone is 14. The van der Waals surface area contributed by atoms with Crippen LogP contribution in [-0.4, -0.2) is 89.2 Å². The van der Waals surface area contributed by atoms with Crippen LogP contribution in [0.1, 0.15) is 252 Å². The first-order valence-electron chi connectivity index (χ1n) is 30.6. The van der Waals surface area contributed by atoms with Crippen LogP contribution in [0.3, 0.4) is 0 Å². The molecule has 1 heterocycles. The number of ether oxygens (including phenoxy) is 5. The number of carbonyl (C=O) groups is 4. The van der Waals surface area contributed by atoms with Crippen molar-refractivity contribution in [1.29, 1.82) is 0 Å². The first kappa shape index (κ1) is 70.9. The average molecular weight is 1080 g/mol. The molecule has 6 unspecified atom stereocenters. The third-order valence-corrected chi connectivity index (χ3v) is 13.5. The fourth-order valence-electron chi connectivity index (χ4n) is 8.79. The summed E-state index contributed by atoms with van der Waals surface area (Å²) in [5.41, 5.74) is 0. The van der Waals surface area contributed by atoms with Crippen molar-refractivity contribution >= 4 is 23.9 Å². The summed E-state index contributed by atoms with van der Waals surface area (Å²) < 4.78 is 28.4. The predicted octanol–water partition coefficient (Wildman–Crippen LogP) is 15.9. The lowest BCUT2D eigenvalue weighted by atomic mass is 9.98. The average Bonchev–Trinajstić information content (AvgIpc) is 3.42. The van der Waals surface area contributed by atoms with E-state index in [4.69, 9.17) is 23.7 Å². The number of aliphatic hydroxyl groups is 2. The van der Waals surface area contributed by atoms with Crippen molar-refractivity contribution in [2.45, 2.75) is 289 Å². The molecule has 0 bridgehead atoms. The molecule has 0 aromatic heterocycles. The van der Waals surface area contributed by atoms with Gasteiger partial charge >= 0.3 is 23.9 Å². The lowest BCUT2D eigenvalue weighted by molar-refractivity contribution is -0.301. The van der Waals surface area contributed by atoms with E-state index in [1.165, 1.54) is 77.0 Å². The monoisotopic (exact) mass is 1080 g/mol. The second kappa shape index (κ2) is 52.6. The predicted molar refractivity (Wildman–Crippen MR) is 312 cm³/mol. The highest BCUT2D eigenvalue weighted by atomic mass is 16.7. The van der Waals surface area contributed by atoms with Crippen LogP contribution in [0.15, 0.2) is 85.1 Å². The largest absolute Gasteiger partial charge is 0.479 e. The van der Waals surface area contributed by atoms with E-state index in [1.54, 1.807) is 0 Å². The van der Waals surface area contributed by atoms with E-state index in [-0.39, 0.29) is 25.9 Å². The van der Waals surface area contributed by atoms with Crippen LogP contribution >= 0.6 is 0 Å². The molecule has 0 amide bonds. The fraction of sp³-hybridized carbons (Fsp3) is 0.723. The van der Waals surface area contributed by atoms with E-state index in [1.807, 2.05) is 6.08 Å². The zero-order chi connectivity index (χ0) is 56.1. The van der Waals surface area contributed by atoms with Crippen LogP contribution < -0.4 is 0 Å². The molecule has 1 fully saturated rings. The highest BCUT2D eigenvalue weighted by Gasteiger charge is 2.50. The lowest BCUT2D eigenvalue weighted by Crippen LogP contribution is -2.61. The first-order valence-corrected chi connectivity index (χ1v) is 30.6. The molecule has 6 atom stereocenters. The second-order valence-corrected chi connectivity index (χ2v) is 20.6. The lowest BCUT2D eigenvalue weighted by Gasteiger charge is -2.40. The molecule has 1 aliphatic heterocycles. The first-order chi connectivity index (χ1) is 37.6. The van der Waals surface area contributed by atoms with Gasteiger partial charge in [0, 0.05) is 19.3 Å². The van der Waals surface area contributed by atoms with Crippen LogP contribution in [0.25, 0.3) is 0 Å². The topological polar surface area (TPSA) is 175 Å². The van der Waals surface area contributed by atoms with Crippen molar-refractivity contribution in [3.8, 4) is 0 Å². The number of aliphatic hydroxyl groups excluding tert-OH is 2. The van der Waals surface area contributed by atoms with E-state index < -0.39 is 67.3 Å². The van der Waals surface area contributed by atoms with Crippen molar-refractivity contribution in [1.82, 2.24) is 0 Å². The van der Waals surface area contributed by atoms with Gasteiger partial charge in [0.15, 0.2) is 24.6 Å². The standard InChI is InChI=1S/C65H108O12/c1-4-7-10-13-16-19-22-25-27-29-31-34-36-39-42-45-48-51-57(66)73-54-56(75-58(67)52-49-46-43-40-38-35-32-30-28-26-23-20-17-14-11-8-5-2)55-74-65-63(61(70)60(69)62(77-65)64(71)72)76-59(68)53-50-47-44-41-37-33-24-21-18-15-12-9-6-3/h7,10,16-17,19-20,25-28,31,34,39,42,56,60-63,65,69-70H,4-6,8-9,11-15,18,21-24,29-30,32-33,35-38,40-41,43-55H2,1-3H3,(H,71,72)/b10-7-,19-16-,20-17-,27-25-,28-26-,34-31-,42-39-. The smallest absolute Gasteiger partial charge is 0.335 e. The minimum Gasteiger partial charge on any atom is -0.479 e. The van der Waals surface area contributed by atoms with Crippen molar-refractivity contribution in [2.24, 2.45) is 0 Å². The molecule has 3 N–H and O–H groups in total. The van der Waals surface area contributed by atoms with Gasteiger partial charge in [-0.25, -0.2) is 4.79 Å². The van der Waals surface area contributed by atoms with E-state index in [0.29, 0.717) is 25.7 Å². The Balaban J connectivity index is 2.73. The van der Waals surface area contributed by atoms with Gasteiger partial charge in [0.1, 0.15) is 18.8 Å². The van der Waals surface area contributed by atoms with Crippen LogP contribution in [-0.2, 0) is 42.9 Å². The summed E-state index contributed by atoms with van der Waals surface area (Å²) in [6.07, 6.45) is 55.5. The molecule has 12 heteroatoms. The molecule has 0 aliphatic carbocycles. The van der Waals surface area contributed by atoms with E-state index in [9.17, 15) is 34.5 Å². The van der Waals surface area contributed by atoms with Gasteiger partial charge < -0.3 is 39.0 Å². The van der Waals surface area contributed by atoms with E-state index >= 15 is 0 Å². The molecule has 0 aromatic rings. The molecule has 77 heavy (non-hydrogen) atoms. The second-order valence-electron chi connectivity index (χ2n) is 20.6. The van der Waals surface area contributed by atoms with Gasteiger partial charge in [0.2, 0.25) is 0 Å². The summed E-state index contributed by atoms with van der Waals surface area (Å²) in [5.74, 6) is -3.20. The molecule has 12 nitrogen and oxygen atoms in total. The van der Waals surface area contributed by atoms with Gasteiger partial charge in [-0.15, -0.1) is 0 Å². The third kappa shape index (κ3) is 42.5. The highest BCUT2D eigenvalue weighted by molar-refractivity contribution is 5.74. The minimum atomic E-state index is -1.91. The number of hydrogen-bond donors (Lipinski definition) is 3. The van der Waals surface area contributed by atoms with Gasteiger partial charge in [-0.3, -0.25) is 14.4 Å². The maximum Gasteiger partial charge on any atom is 0.335 e. The van der Waals surface area contributed by atoms with Gasteiger partial charge in [-0.2, -0.15) is 0 Å². The van der Waals surface area contributed by atoms with Gasteiger partial charge in [0.25, 0.3) is 0 Å². The number of rotatable bonds is 51. The zero-order valence-corrected chi connectivity index (χ0v) is 48.4. The van der Waals surface area contributed by atoms with Crippen molar-refractivity contribution < 1.29 is 58.2 Å². The van der Waals surface area contributed by atoms with Crippen LogP contribution in [0, 0.1) is 0 Å². The zero-order valence-electron chi connectivity index (χ0n) is 48.4. The molecule has 0 saturated carbocycles. The van der Waals surface area contributed by atoms with Crippen molar-refractivity contribution in [3.05, 3.63) is 85.1 Å². The van der Waals surface area contributed by atoms with Crippen molar-refractivity contribution in [2.75, 3.05) is 13.2 Å². The summed E-state index contributed by atoms with van der Waals surface area (Å²) in [6, 6.07) is 0. The quantitative estimate of drug-likeness (QED) is 0.0228. The molecule has 1 saturated heterocycles. The number of unbranched alkanes of at least 4 members (excludes halogenated alkanes) is 23. The maximum absolute atomic E-state index is 13.2. The number of esters is 3. The molecule has 0 radical (unpaired) electrons. The molecule has 440 valence electrons. The Labute approximate surface area is 467 Å². The Morgan fingerprint density at radius 2 is 0.831 bits per heavy atom. The van der Waals surface area contributed by atoms with Gasteiger partial charge in [-0.1, -0.05) is 228 Å². The maximum atomic E-state index is 13.2. The summed E-state index contributed by atoms with van der Waals surface area (Å²) in [4.78, 5) is 51.2. The van der Waals surface area contributed by atoms with Crippen molar-refractivity contribution in [3.63, 3.8) is 0 Å². The normalized spacial score (nSPS) is 18.6. The summed E-state index contributed by atoms with van der Waals surface area (Å²) in [7, 11) is 0. The van der Waals surface area contributed by atoms with Gasteiger partial charge in [-0.05, 0) is 89.9 Å². The number of carboxylic acids is 1. The van der Waals surface area contributed by atoms with E-state index in [0.717, 1.165) is 109 Å². The Morgan fingerprint density at radius 3 is 1.31 bits per heavy atom. The summed E-state index contributed by atoms with van der Waals surface area (Å²) in [6.45, 7) is 5.80. The molecular weight excluding hydrogens is 973 g/mol. The van der Waals surface area contributed by atoms with Gasteiger partial charge in [0.05, 0.1) is 6.61 Å². The number of aliphatic carboxylic acids is 1. The Morgan fingerprint density at radius 1 is 0.442 bits per heavy atom. The molecule has 0 spiro atoms. The molecule has 1 aliphatic rings. The molecular formula is C65H108O12. The Bertz CT molecular complexity index is 1660. The third-order valence-electron chi connectivity index (χ3n) is 13.5. The Kier molecular flexibility index (Phi) is 48.4. The van der Waals surface area contributed by atoms with Crippen LogP contribution in [0.2, 0.25) is 0 Å². The molecule has 0 aromatic carbocycles.